The topological polar surface area (TPSA) is 58.2 Å². The first-order valence-electron chi connectivity index (χ1n) is 8.35. The van der Waals surface area contributed by atoms with Crippen molar-refractivity contribution in [1.82, 2.24) is 0 Å². The van der Waals surface area contributed by atoms with Crippen LogP contribution in [0, 0.1) is 0 Å². The van der Waals surface area contributed by atoms with Crippen molar-refractivity contribution in [1.29, 1.82) is 0 Å². The van der Waals surface area contributed by atoms with Gasteiger partial charge in [-0.05, 0) is 54.6 Å². The number of carbonyl (C=O) groups is 2. The molecule has 0 saturated heterocycles. The van der Waals surface area contributed by atoms with Crippen LogP contribution in [-0.4, -0.2) is 17.6 Å². The van der Waals surface area contributed by atoms with E-state index in [0.29, 0.717) is 27.0 Å². The maximum atomic E-state index is 12.4. The normalized spacial score (nSPS) is 10.4. The van der Waals surface area contributed by atoms with Gasteiger partial charge < -0.3 is 10.6 Å². The maximum absolute atomic E-state index is 12.4. The summed E-state index contributed by atoms with van der Waals surface area (Å²) in [6, 6.07) is 21.1. The number of thioether (sulfide) groups is 1. The third-order valence-corrected chi connectivity index (χ3v) is 5.30. The summed E-state index contributed by atoms with van der Waals surface area (Å²) in [4.78, 5) is 25.5. The quantitative estimate of drug-likeness (QED) is 0.473. The predicted molar refractivity (Wildman–Crippen MR) is 117 cm³/mol. The first-order valence-corrected chi connectivity index (χ1v) is 10.1. The van der Waals surface area contributed by atoms with Gasteiger partial charge in [-0.3, -0.25) is 9.59 Å². The van der Waals surface area contributed by atoms with Crippen molar-refractivity contribution in [3.05, 3.63) is 88.4 Å². The minimum atomic E-state index is -0.313. The summed E-state index contributed by atoms with van der Waals surface area (Å²) in [7, 11) is 0. The molecule has 0 fully saturated rings. The monoisotopic (exact) mass is 430 g/mol. The predicted octanol–water partition coefficient (Wildman–Crippen LogP) is 5.98. The van der Waals surface area contributed by atoms with Gasteiger partial charge >= 0.3 is 0 Å². The Morgan fingerprint density at radius 1 is 0.821 bits per heavy atom. The second-order valence-electron chi connectivity index (χ2n) is 5.81. The van der Waals surface area contributed by atoms with Crippen LogP contribution in [0.1, 0.15) is 10.4 Å². The third kappa shape index (κ3) is 5.76. The van der Waals surface area contributed by atoms with Gasteiger partial charge in [-0.15, -0.1) is 11.8 Å². The number of hydrogen-bond donors (Lipinski definition) is 2. The highest BCUT2D eigenvalue weighted by molar-refractivity contribution is 8.00. The smallest absolute Gasteiger partial charge is 0.257 e. The minimum Gasteiger partial charge on any atom is -0.325 e. The van der Waals surface area contributed by atoms with Crippen molar-refractivity contribution in [3.63, 3.8) is 0 Å². The lowest BCUT2D eigenvalue weighted by Crippen LogP contribution is -2.15. The molecule has 0 heterocycles. The second kappa shape index (κ2) is 9.64. The van der Waals surface area contributed by atoms with Crippen molar-refractivity contribution in [2.45, 2.75) is 4.90 Å². The number of benzene rings is 3. The Labute approximate surface area is 177 Å². The maximum Gasteiger partial charge on any atom is 0.257 e. The largest absolute Gasteiger partial charge is 0.325 e. The second-order valence-corrected chi connectivity index (χ2v) is 7.70. The molecule has 0 atom stereocenters. The molecule has 0 aliphatic rings. The van der Waals surface area contributed by atoms with Gasteiger partial charge in [0.15, 0.2) is 0 Å². The van der Waals surface area contributed by atoms with Gasteiger partial charge in [0.05, 0.1) is 16.3 Å². The Morgan fingerprint density at radius 3 is 2.21 bits per heavy atom. The number of halogens is 2. The zero-order valence-corrected chi connectivity index (χ0v) is 16.9. The number of hydrogen-bond acceptors (Lipinski definition) is 3. The standard InChI is InChI=1S/C21H16Cl2N2O2S/c22-14-8-10-17(11-9-14)28-13-20(26)24-15-4-3-5-16(12-15)25-21(27)18-6-1-2-7-19(18)23/h1-12H,13H2,(H,24,26)(H,25,27). The SMILES string of the molecule is O=C(CSc1ccc(Cl)cc1)Nc1cccc(NC(=O)c2ccccc2Cl)c1. The number of nitrogens with one attached hydrogen (secondary N) is 2. The third-order valence-electron chi connectivity index (χ3n) is 3.71. The summed E-state index contributed by atoms with van der Waals surface area (Å²) in [5.74, 6) is -0.195. The van der Waals surface area contributed by atoms with Crippen molar-refractivity contribution < 1.29 is 9.59 Å². The molecule has 142 valence electrons. The fourth-order valence-electron chi connectivity index (χ4n) is 2.40. The first-order chi connectivity index (χ1) is 13.5. The molecule has 0 radical (unpaired) electrons. The van der Waals surface area contributed by atoms with E-state index in [4.69, 9.17) is 23.2 Å². The lowest BCUT2D eigenvalue weighted by Gasteiger charge is -2.10. The molecular weight excluding hydrogens is 415 g/mol. The summed E-state index contributed by atoms with van der Waals surface area (Å²) in [5.41, 5.74) is 1.55. The summed E-state index contributed by atoms with van der Waals surface area (Å²) >= 11 is 13.3. The highest BCUT2D eigenvalue weighted by atomic mass is 35.5. The van der Waals surface area contributed by atoms with E-state index in [1.807, 2.05) is 12.1 Å². The van der Waals surface area contributed by atoms with Crippen LogP contribution in [0.2, 0.25) is 10.0 Å². The van der Waals surface area contributed by atoms with E-state index in [1.165, 1.54) is 11.8 Å². The molecule has 4 nitrogen and oxygen atoms in total. The molecular formula is C21H16Cl2N2O2S. The van der Waals surface area contributed by atoms with Gasteiger partial charge in [0.2, 0.25) is 5.91 Å². The van der Waals surface area contributed by atoms with Crippen LogP contribution in [0.3, 0.4) is 0 Å². The van der Waals surface area contributed by atoms with E-state index in [9.17, 15) is 9.59 Å². The Balaban J connectivity index is 1.58. The molecule has 0 spiro atoms. The zero-order chi connectivity index (χ0) is 19.9. The van der Waals surface area contributed by atoms with Crippen LogP contribution < -0.4 is 10.6 Å². The van der Waals surface area contributed by atoms with Gasteiger partial charge in [0.25, 0.3) is 5.91 Å². The zero-order valence-electron chi connectivity index (χ0n) is 14.6. The number of amides is 2. The average Bonchev–Trinajstić information content (AvgIpc) is 2.68. The molecule has 0 aliphatic carbocycles. The van der Waals surface area contributed by atoms with Gasteiger partial charge in [-0.2, -0.15) is 0 Å². The van der Waals surface area contributed by atoms with Gasteiger partial charge in [-0.1, -0.05) is 41.4 Å². The molecule has 7 heteroatoms. The molecule has 3 aromatic rings. The molecule has 0 aliphatic heterocycles. The van der Waals surface area contributed by atoms with Crippen molar-refractivity contribution >= 4 is 58.2 Å². The van der Waals surface area contributed by atoms with Crippen LogP contribution in [-0.2, 0) is 4.79 Å². The fraction of sp³-hybridized carbons (Fsp3) is 0.0476. The molecule has 0 bridgehead atoms. The fourth-order valence-corrected chi connectivity index (χ4v) is 3.44. The number of rotatable bonds is 6. The number of anilines is 2. The van der Waals surface area contributed by atoms with E-state index in [-0.39, 0.29) is 17.6 Å². The van der Waals surface area contributed by atoms with Crippen LogP contribution in [0.15, 0.2) is 77.7 Å². The summed E-state index contributed by atoms with van der Waals surface area (Å²) < 4.78 is 0. The molecule has 3 rings (SSSR count). The highest BCUT2D eigenvalue weighted by Gasteiger charge is 2.10. The molecule has 2 N–H and O–H groups in total. The van der Waals surface area contributed by atoms with E-state index in [1.54, 1.807) is 60.7 Å². The van der Waals surface area contributed by atoms with Crippen LogP contribution >= 0.6 is 35.0 Å². The Hall–Kier alpha value is -2.47. The van der Waals surface area contributed by atoms with E-state index in [0.717, 1.165) is 4.90 Å². The molecule has 0 aromatic heterocycles. The van der Waals surface area contributed by atoms with E-state index >= 15 is 0 Å². The van der Waals surface area contributed by atoms with Gasteiger partial charge in [0.1, 0.15) is 0 Å². The summed E-state index contributed by atoms with van der Waals surface area (Å²) in [6.07, 6.45) is 0. The van der Waals surface area contributed by atoms with Gasteiger partial charge in [0, 0.05) is 21.3 Å². The lowest BCUT2D eigenvalue weighted by molar-refractivity contribution is -0.113. The summed E-state index contributed by atoms with van der Waals surface area (Å²) in [6.45, 7) is 0. The van der Waals surface area contributed by atoms with Crippen LogP contribution in [0.4, 0.5) is 11.4 Å². The highest BCUT2D eigenvalue weighted by Crippen LogP contribution is 2.22. The first kappa shape index (κ1) is 20.3. The van der Waals surface area contributed by atoms with Crippen LogP contribution in [0.5, 0.6) is 0 Å². The van der Waals surface area contributed by atoms with Gasteiger partial charge in [-0.25, -0.2) is 0 Å². The molecule has 2 amide bonds. The number of carbonyl (C=O) groups excluding carboxylic acids is 2. The Bertz CT molecular complexity index is 994. The van der Waals surface area contributed by atoms with E-state index in [2.05, 4.69) is 10.6 Å². The minimum absolute atomic E-state index is 0.144. The summed E-state index contributed by atoms with van der Waals surface area (Å²) in [5, 5.41) is 6.64. The lowest BCUT2D eigenvalue weighted by atomic mass is 10.2. The molecule has 0 saturated carbocycles. The molecule has 0 unspecified atom stereocenters. The van der Waals surface area contributed by atoms with Crippen LogP contribution in [0.25, 0.3) is 0 Å². The van der Waals surface area contributed by atoms with Crippen molar-refractivity contribution in [2.24, 2.45) is 0 Å². The van der Waals surface area contributed by atoms with Crippen molar-refractivity contribution in [3.8, 4) is 0 Å². The average molecular weight is 431 g/mol. The van der Waals surface area contributed by atoms with Crippen molar-refractivity contribution in [2.75, 3.05) is 16.4 Å². The molecule has 28 heavy (non-hydrogen) atoms. The molecule has 3 aromatic carbocycles. The Morgan fingerprint density at radius 2 is 1.50 bits per heavy atom. The Kier molecular flexibility index (Phi) is 6.98. The van der Waals surface area contributed by atoms with E-state index < -0.39 is 0 Å².